The number of aromatic nitrogens is 2. The molecule has 0 radical (unpaired) electrons. The minimum absolute atomic E-state index is 0.139. The normalized spacial score (nSPS) is 16.7. The van der Waals surface area contributed by atoms with Crippen molar-refractivity contribution in [3.63, 3.8) is 0 Å². The number of rotatable bonds is 6. The van der Waals surface area contributed by atoms with Crippen molar-refractivity contribution in [2.45, 2.75) is 19.8 Å². The van der Waals surface area contributed by atoms with Crippen LogP contribution in [0.2, 0.25) is 0 Å². The summed E-state index contributed by atoms with van der Waals surface area (Å²) in [5, 5.41) is 14.0. The maximum absolute atomic E-state index is 11.0. The van der Waals surface area contributed by atoms with Gasteiger partial charge in [-0.2, -0.15) is 4.98 Å². The number of hydrazine groups is 1. The summed E-state index contributed by atoms with van der Waals surface area (Å²) < 4.78 is 0. The Hall–Kier alpha value is -2.00. The van der Waals surface area contributed by atoms with Crippen molar-refractivity contribution in [2.75, 3.05) is 36.9 Å². The van der Waals surface area contributed by atoms with Crippen molar-refractivity contribution in [2.24, 2.45) is 11.8 Å². The Kier molecular flexibility index (Phi) is 5.23. The van der Waals surface area contributed by atoms with Gasteiger partial charge in [0.15, 0.2) is 0 Å². The molecule has 2 rings (SSSR count). The Morgan fingerprint density at radius 2 is 2.24 bits per heavy atom. The second kappa shape index (κ2) is 7.14. The van der Waals surface area contributed by atoms with E-state index in [4.69, 9.17) is 5.84 Å². The molecule has 0 atom stereocenters. The largest absolute Gasteiger partial charge is 0.364 e. The van der Waals surface area contributed by atoms with Crippen LogP contribution >= 0.6 is 0 Å². The van der Waals surface area contributed by atoms with Crippen LogP contribution in [0.25, 0.3) is 0 Å². The highest BCUT2D eigenvalue weighted by molar-refractivity contribution is 5.56. The van der Waals surface area contributed by atoms with Crippen LogP contribution in [-0.2, 0) is 0 Å². The lowest BCUT2D eigenvalue weighted by Gasteiger charge is -2.31. The SMILES string of the molecule is CCN1CCC(CNc2nc(NN)ncc2[N+](=O)[O-])CC1. The van der Waals surface area contributed by atoms with Crippen LogP contribution in [0.1, 0.15) is 19.8 Å². The maximum Gasteiger partial charge on any atom is 0.329 e. The lowest BCUT2D eigenvalue weighted by atomic mass is 9.97. The Morgan fingerprint density at radius 3 is 2.81 bits per heavy atom. The van der Waals surface area contributed by atoms with Crippen molar-refractivity contribution in [3.05, 3.63) is 16.3 Å². The zero-order valence-corrected chi connectivity index (χ0v) is 12.1. The first kappa shape index (κ1) is 15.4. The Labute approximate surface area is 123 Å². The van der Waals surface area contributed by atoms with Crippen LogP contribution in [0.3, 0.4) is 0 Å². The highest BCUT2D eigenvalue weighted by Gasteiger charge is 2.21. The molecule has 21 heavy (non-hydrogen) atoms. The molecule has 9 nitrogen and oxygen atoms in total. The lowest BCUT2D eigenvalue weighted by Crippen LogP contribution is -2.35. The highest BCUT2D eigenvalue weighted by atomic mass is 16.6. The highest BCUT2D eigenvalue weighted by Crippen LogP contribution is 2.23. The molecular weight excluding hydrogens is 274 g/mol. The summed E-state index contributed by atoms with van der Waals surface area (Å²) in [5.74, 6) is 6.10. The number of likely N-dealkylation sites (tertiary alicyclic amines) is 1. The summed E-state index contributed by atoms with van der Waals surface area (Å²) in [7, 11) is 0. The number of anilines is 2. The molecule has 0 saturated carbocycles. The molecule has 1 saturated heterocycles. The third kappa shape index (κ3) is 3.99. The first-order valence-corrected chi connectivity index (χ1v) is 7.08. The summed E-state index contributed by atoms with van der Waals surface area (Å²) in [6.07, 6.45) is 3.33. The smallest absolute Gasteiger partial charge is 0.329 e. The Balaban J connectivity index is 1.97. The molecule has 0 aromatic carbocycles. The quantitative estimate of drug-likeness (QED) is 0.400. The van der Waals surface area contributed by atoms with Gasteiger partial charge in [0.2, 0.25) is 11.8 Å². The molecule has 116 valence electrons. The minimum atomic E-state index is -0.498. The fraction of sp³-hybridized carbons (Fsp3) is 0.667. The van der Waals surface area contributed by atoms with E-state index >= 15 is 0 Å². The second-order valence-corrected chi connectivity index (χ2v) is 5.09. The van der Waals surface area contributed by atoms with E-state index in [0.29, 0.717) is 12.5 Å². The molecule has 1 aliphatic heterocycles. The van der Waals surface area contributed by atoms with Gasteiger partial charge in [-0.3, -0.25) is 15.5 Å². The van der Waals surface area contributed by atoms with E-state index in [1.54, 1.807) is 0 Å². The predicted molar refractivity (Wildman–Crippen MR) is 79.8 cm³/mol. The third-order valence-corrected chi connectivity index (χ3v) is 3.81. The first-order chi connectivity index (χ1) is 10.1. The van der Waals surface area contributed by atoms with E-state index in [0.717, 1.165) is 38.7 Å². The maximum atomic E-state index is 11.0. The number of hydrogen-bond acceptors (Lipinski definition) is 8. The van der Waals surface area contributed by atoms with Crippen LogP contribution < -0.4 is 16.6 Å². The van der Waals surface area contributed by atoms with Gasteiger partial charge >= 0.3 is 5.69 Å². The van der Waals surface area contributed by atoms with Gasteiger partial charge in [0.25, 0.3) is 0 Å². The van der Waals surface area contributed by atoms with Gasteiger partial charge in [0.05, 0.1) is 4.92 Å². The average Bonchev–Trinajstić information content (AvgIpc) is 2.52. The molecule has 0 bridgehead atoms. The fourth-order valence-corrected chi connectivity index (χ4v) is 2.46. The van der Waals surface area contributed by atoms with Gasteiger partial charge < -0.3 is 10.2 Å². The van der Waals surface area contributed by atoms with Crippen molar-refractivity contribution >= 4 is 17.5 Å². The second-order valence-electron chi connectivity index (χ2n) is 5.09. The standard InChI is InChI=1S/C12H21N7O2/c1-2-18-5-3-9(4-6-18)7-14-11-10(19(20)21)8-15-12(16-11)17-13/h8-9H,2-7,13H2,1H3,(H2,14,15,16,17). The van der Waals surface area contributed by atoms with Crippen molar-refractivity contribution in [1.29, 1.82) is 0 Å². The zero-order valence-electron chi connectivity index (χ0n) is 12.1. The number of nitrogens with two attached hydrogens (primary N) is 1. The van der Waals surface area contributed by atoms with Crippen LogP contribution in [0.5, 0.6) is 0 Å². The van der Waals surface area contributed by atoms with Gasteiger partial charge in [-0.05, 0) is 38.4 Å². The van der Waals surface area contributed by atoms with E-state index in [9.17, 15) is 10.1 Å². The van der Waals surface area contributed by atoms with E-state index in [2.05, 4.69) is 32.5 Å². The van der Waals surface area contributed by atoms with Gasteiger partial charge in [-0.25, -0.2) is 10.8 Å². The summed E-state index contributed by atoms with van der Waals surface area (Å²) >= 11 is 0. The van der Waals surface area contributed by atoms with Crippen LogP contribution in [0, 0.1) is 16.0 Å². The monoisotopic (exact) mass is 295 g/mol. The Morgan fingerprint density at radius 1 is 1.52 bits per heavy atom. The molecule has 9 heteroatoms. The van der Waals surface area contributed by atoms with Crippen molar-refractivity contribution in [1.82, 2.24) is 14.9 Å². The minimum Gasteiger partial charge on any atom is -0.364 e. The summed E-state index contributed by atoms with van der Waals surface area (Å²) in [6.45, 7) is 6.04. The van der Waals surface area contributed by atoms with Crippen molar-refractivity contribution < 1.29 is 4.92 Å². The molecule has 1 aliphatic rings. The van der Waals surface area contributed by atoms with Gasteiger partial charge in [0.1, 0.15) is 6.20 Å². The zero-order chi connectivity index (χ0) is 15.2. The van der Waals surface area contributed by atoms with Crippen molar-refractivity contribution in [3.8, 4) is 0 Å². The van der Waals surface area contributed by atoms with Crippen LogP contribution in [0.4, 0.5) is 17.5 Å². The number of piperidine rings is 1. The molecular formula is C12H21N7O2. The van der Waals surface area contributed by atoms with Gasteiger partial charge in [0, 0.05) is 6.54 Å². The summed E-state index contributed by atoms with van der Waals surface area (Å²) in [4.78, 5) is 20.7. The number of nitro groups is 1. The molecule has 0 spiro atoms. The van der Waals surface area contributed by atoms with E-state index in [-0.39, 0.29) is 17.5 Å². The van der Waals surface area contributed by atoms with E-state index < -0.39 is 4.92 Å². The van der Waals surface area contributed by atoms with E-state index in [1.807, 2.05) is 0 Å². The average molecular weight is 295 g/mol. The molecule has 1 fully saturated rings. The molecule has 0 amide bonds. The fourth-order valence-electron chi connectivity index (χ4n) is 2.46. The Bertz CT molecular complexity index is 488. The number of hydrogen-bond donors (Lipinski definition) is 3. The molecule has 1 aromatic rings. The molecule has 0 aliphatic carbocycles. The molecule has 4 N–H and O–H groups in total. The lowest BCUT2D eigenvalue weighted by molar-refractivity contribution is -0.384. The van der Waals surface area contributed by atoms with Gasteiger partial charge in [-0.15, -0.1) is 0 Å². The topological polar surface area (TPSA) is 122 Å². The molecule has 2 heterocycles. The van der Waals surface area contributed by atoms with Crippen LogP contribution in [0.15, 0.2) is 6.20 Å². The number of nitrogens with zero attached hydrogens (tertiary/aromatic N) is 4. The molecule has 0 unspecified atom stereocenters. The van der Waals surface area contributed by atoms with Crippen LogP contribution in [-0.4, -0.2) is 46.0 Å². The summed E-state index contributed by atoms with van der Waals surface area (Å²) in [5.41, 5.74) is 2.15. The van der Waals surface area contributed by atoms with Gasteiger partial charge in [-0.1, -0.05) is 6.92 Å². The molecule has 1 aromatic heterocycles. The third-order valence-electron chi connectivity index (χ3n) is 3.81. The number of nitrogens with one attached hydrogen (secondary N) is 2. The number of nitrogen functional groups attached to an aromatic ring is 1. The first-order valence-electron chi connectivity index (χ1n) is 7.08. The summed E-state index contributed by atoms with van der Waals surface area (Å²) in [6, 6.07) is 0. The predicted octanol–water partition coefficient (Wildman–Crippen LogP) is 0.814. The van der Waals surface area contributed by atoms with E-state index in [1.165, 1.54) is 0 Å².